The standard InChI is InChI=1S/C25H20FNO3/c1-12-4-3-5-13(2)20(12)14-6-7-18(26)15(8-14)11-30-19-9-16-17(10-27-19)22-23-21(16)25(22,23)24(28)29/h3-10,21-23H,11H2,1-2H3,(H,28,29)/t21?,22-,23+,25-/m0/s1. The predicted molar refractivity (Wildman–Crippen MR) is 109 cm³/mol. The number of nitrogens with zero attached hydrogens (tertiary/aromatic N) is 1. The van der Waals surface area contributed by atoms with Gasteiger partial charge in [0.25, 0.3) is 0 Å². The predicted octanol–water partition coefficient (Wildman–Crippen LogP) is 4.98. The zero-order chi connectivity index (χ0) is 20.8. The summed E-state index contributed by atoms with van der Waals surface area (Å²) in [5.74, 6) is -0.131. The number of ether oxygens (including phenoxy) is 1. The van der Waals surface area contributed by atoms with E-state index in [4.69, 9.17) is 4.74 Å². The fourth-order valence-corrected chi connectivity index (χ4v) is 5.78. The molecule has 150 valence electrons. The summed E-state index contributed by atoms with van der Waals surface area (Å²) in [4.78, 5) is 15.9. The number of rotatable bonds is 5. The molecule has 7 rings (SSSR count). The van der Waals surface area contributed by atoms with Gasteiger partial charge >= 0.3 is 5.97 Å². The van der Waals surface area contributed by atoms with Crippen LogP contribution in [0.25, 0.3) is 11.1 Å². The first-order valence-corrected chi connectivity index (χ1v) is 10.2. The van der Waals surface area contributed by atoms with E-state index in [9.17, 15) is 14.3 Å². The van der Waals surface area contributed by atoms with Crippen LogP contribution in [0.4, 0.5) is 4.39 Å². The van der Waals surface area contributed by atoms with E-state index >= 15 is 0 Å². The second-order valence-corrected chi connectivity index (χ2v) is 8.73. The molecule has 1 N–H and O–H groups in total. The van der Waals surface area contributed by atoms with Crippen LogP contribution in [0.5, 0.6) is 5.88 Å². The molecular weight excluding hydrogens is 381 g/mol. The van der Waals surface area contributed by atoms with E-state index in [1.54, 1.807) is 12.3 Å². The van der Waals surface area contributed by atoms with Crippen LogP contribution in [0, 0.1) is 31.0 Å². The molecule has 0 aliphatic heterocycles. The molecule has 4 aliphatic rings. The van der Waals surface area contributed by atoms with Crippen LogP contribution in [0.2, 0.25) is 0 Å². The van der Waals surface area contributed by atoms with Crippen molar-refractivity contribution in [3.63, 3.8) is 0 Å². The summed E-state index contributed by atoms with van der Waals surface area (Å²) in [5.41, 5.74) is 6.34. The van der Waals surface area contributed by atoms with E-state index in [2.05, 4.69) is 4.98 Å². The van der Waals surface area contributed by atoms with Gasteiger partial charge in [0, 0.05) is 29.7 Å². The van der Waals surface area contributed by atoms with E-state index in [0.29, 0.717) is 11.4 Å². The van der Waals surface area contributed by atoms with Crippen LogP contribution in [0.15, 0.2) is 48.7 Å². The van der Waals surface area contributed by atoms with E-state index < -0.39 is 11.4 Å². The van der Waals surface area contributed by atoms with Gasteiger partial charge in [-0.2, -0.15) is 0 Å². The number of benzene rings is 2. The van der Waals surface area contributed by atoms with Crippen LogP contribution in [-0.2, 0) is 11.4 Å². The molecule has 1 unspecified atom stereocenters. The van der Waals surface area contributed by atoms with Gasteiger partial charge in [-0.1, -0.05) is 24.3 Å². The fourth-order valence-electron chi connectivity index (χ4n) is 5.78. The minimum absolute atomic E-state index is 0.0674. The van der Waals surface area contributed by atoms with Crippen molar-refractivity contribution < 1.29 is 19.0 Å². The van der Waals surface area contributed by atoms with E-state index in [1.807, 2.05) is 44.2 Å². The van der Waals surface area contributed by atoms with Gasteiger partial charge in [-0.05, 0) is 65.3 Å². The van der Waals surface area contributed by atoms with Gasteiger partial charge in [-0.15, -0.1) is 0 Å². The van der Waals surface area contributed by atoms with Crippen LogP contribution in [0.3, 0.4) is 0 Å². The smallest absolute Gasteiger partial charge is 0.311 e. The number of aromatic nitrogens is 1. The Kier molecular flexibility index (Phi) is 3.34. The summed E-state index contributed by atoms with van der Waals surface area (Å²) in [7, 11) is 0. The molecule has 1 aromatic heterocycles. The topological polar surface area (TPSA) is 59.4 Å². The molecule has 2 aromatic carbocycles. The Hall–Kier alpha value is -3.21. The number of hydrogen-bond acceptors (Lipinski definition) is 3. The maximum Gasteiger partial charge on any atom is 0.311 e. The summed E-state index contributed by atoms with van der Waals surface area (Å²) in [6.07, 6.45) is 1.74. The fraction of sp³-hybridized carbons (Fsp3) is 0.280. The summed E-state index contributed by atoms with van der Waals surface area (Å²) >= 11 is 0. The Bertz CT molecular complexity index is 1230. The molecule has 5 heteroatoms. The third-order valence-electron chi connectivity index (χ3n) is 7.26. The minimum Gasteiger partial charge on any atom is -0.481 e. The molecular formula is C25H20FNO3. The van der Waals surface area contributed by atoms with Gasteiger partial charge in [0.2, 0.25) is 5.88 Å². The lowest BCUT2D eigenvalue weighted by molar-refractivity contribution is -0.141. The number of carboxylic acids is 1. The first kappa shape index (κ1) is 17.6. The van der Waals surface area contributed by atoms with Gasteiger partial charge in [0.15, 0.2) is 0 Å². The lowest BCUT2D eigenvalue weighted by atomic mass is 9.94. The van der Waals surface area contributed by atoms with Crippen LogP contribution in [0.1, 0.15) is 39.7 Å². The Balaban J connectivity index is 1.25. The Morgan fingerprint density at radius 2 is 1.87 bits per heavy atom. The van der Waals surface area contributed by atoms with Crippen molar-refractivity contribution >= 4 is 5.97 Å². The molecule has 0 spiro atoms. The molecule has 3 aromatic rings. The number of hydrogen-bond donors (Lipinski definition) is 1. The molecule has 0 radical (unpaired) electrons. The molecule has 2 saturated carbocycles. The average Bonchev–Trinajstić information content (AvgIpc) is 3.51. The van der Waals surface area contributed by atoms with Crippen molar-refractivity contribution in [1.82, 2.24) is 4.98 Å². The van der Waals surface area contributed by atoms with E-state index in [1.165, 1.54) is 6.07 Å². The number of halogens is 1. The highest BCUT2D eigenvalue weighted by atomic mass is 19.1. The van der Waals surface area contributed by atoms with Gasteiger partial charge in [-0.3, -0.25) is 4.79 Å². The molecule has 1 heterocycles. The highest BCUT2D eigenvalue weighted by Gasteiger charge is 2.95. The van der Waals surface area contributed by atoms with Crippen molar-refractivity contribution in [2.75, 3.05) is 0 Å². The van der Waals surface area contributed by atoms with Gasteiger partial charge in [0.05, 0.1) is 5.41 Å². The molecule has 2 bridgehead atoms. The number of carboxylic acid groups (broad SMARTS) is 1. The highest BCUT2D eigenvalue weighted by Crippen LogP contribution is 2.96. The van der Waals surface area contributed by atoms with Gasteiger partial charge in [-0.25, -0.2) is 9.37 Å². The second-order valence-electron chi connectivity index (χ2n) is 8.73. The van der Waals surface area contributed by atoms with Crippen molar-refractivity contribution in [2.45, 2.75) is 32.3 Å². The quantitative estimate of drug-likeness (QED) is 0.655. The number of aryl methyl sites for hydroxylation is 2. The average molecular weight is 401 g/mol. The van der Waals surface area contributed by atoms with Crippen LogP contribution < -0.4 is 4.74 Å². The molecule has 2 fully saturated rings. The van der Waals surface area contributed by atoms with Crippen molar-refractivity contribution in [3.8, 4) is 17.0 Å². The first-order chi connectivity index (χ1) is 14.4. The Morgan fingerprint density at radius 1 is 1.13 bits per heavy atom. The maximum absolute atomic E-state index is 14.5. The lowest BCUT2D eigenvalue weighted by Crippen LogP contribution is -2.09. The van der Waals surface area contributed by atoms with E-state index in [-0.39, 0.29) is 30.2 Å². The number of carbonyl (C=O) groups is 1. The molecule has 4 aliphatic carbocycles. The lowest BCUT2D eigenvalue weighted by Gasteiger charge is -2.13. The molecule has 4 atom stereocenters. The van der Waals surface area contributed by atoms with Gasteiger partial charge < -0.3 is 9.84 Å². The zero-order valence-electron chi connectivity index (χ0n) is 16.6. The molecule has 0 saturated heterocycles. The summed E-state index contributed by atoms with van der Waals surface area (Å²) in [6.45, 7) is 4.17. The molecule has 0 amide bonds. The third-order valence-corrected chi connectivity index (χ3v) is 7.26. The summed E-state index contributed by atoms with van der Waals surface area (Å²) in [6, 6.07) is 13.1. The summed E-state index contributed by atoms with van der Waals surface area (Å²) in [5, 5.41) is 9.52. The molecule has 4 nitrogen and oxygen atoms in total. The van der Waals surface area contributed by atoms with Crippen LogP contribution >= 0.6 is 0 Å². The van der Waals surface area contributed by atoms with Crippen LogP contribution in [-0.4, -0.2) is 16.1 Å². The monoisotopic (exact) mass is 401 g/mol. The second kappa shape index (κ2) is 5.69. The number of aliphatic carboxylic acids is 1. The van der Waals surface area contributed by atoms with Crippen molar-refractivity contribution in [2.24, 2.45) is 11.3 Å². The van der Waals surface area contributed by atoms with Gasteiger partial charge in [0.1, 0.15) is 12.4 Å². The Morgan fingerprint density at radius 3 is 2.57 bits per heavy atom. The zero-order valence-corrected chi connectivity index (χ0v) is 16.6. The largest absolute Gasteiger partial charge is 0.481 e. The maximum atomic E-state index is 14.5. The van der Waals surface area contributed by atoms with E-state index in [0.717, 1.165) is 33.4 Å². The molecule has 30 heavy (non-hydrogen) atoms. The Labute approximate surface area is 173 Å². The first-order valence-electron chi connectivity index (χ1n) is 10.2. The minimum atomic E-state index is -0.702. The van der Waals surface area contributed by atoms with Crippen molar-refractivity contribution in [1.29, 1.82) is 0 Å². The number of pyridine rings is 1. The third kappa shape index (κ3) is 2.10. The highest BCUT2D eigenvalue weighted by molar-refractivity contribution is 5.93. The normalized spacial score (nSPS) is 26.7. The summed E-state index contributed by atoms with van der Waals surface area (Å²) < 4.78 is 20.3. The van der Waals surface area contributed by atoms with Crippen molar-refractivity contribution in [3.05, 3.63) is 82.3 Å². The SMILES string of the molecule is Cc1cccc(C)c1-c1ccc(F)c(COc2cc3c(cn2)[C@H]2[C@H]4C3[C@@]42C(=O)O)c1.